The molecular weight excluding hydrogens is 257 g/mol. The van der Waals surface area contributed by atoms with Gasteiger partial charge >= 0.3 is 5.97 Å². The Kier molecular flexibility index (Phi) is 3.57. The summed E-state index contributed by atoms with van der Waals surface area (Å²) in [6, 6.07) is 5.21. The van der Waals surface area contributed by atoms with E-state index < -0.39 is 5.97 Å². The lowest BCUT2D eigenvalue weighted by Crippen LogP contribution is -2.12. The van der Waals surface area contributed by atoms with Crippen LogP contribution >= 0.6 is 27.5 Å². The van der Waals surface area contributed by atoms with Gasteiger partial charge in [-0.2, -0.15) is 0 Å². The SMILES string of the molecule is O=C(O)CNc1ccc(Br)cc1Cl. The van der Waals surface area contributed by atoms with Crippen LogP contribution in [0.25, 0.3) is 0 Å². The van der Waals surface area contributed by atoms with Crippen LogP contribution in [0.15, 0.2) is 22.7 Å². The van der Waals surface area contributed by atoms with E-state index in [-0.39, 0.29) is 6.54 Å². The fourth-order valence-electron chi connectivity index (χ4n) is 0.804. The summed E-state index contributed by atoms with van der Waals surface area (Å²) < 4.78 is 0.860. The Morgan fingerprint density at radius 3 is 2.85 bits per heavy atom. The molecule has 0 saturated heterocycles. The van der Waals surface area contributed by atoms with Gasteiger partial charge < -0.3 is 10.4 Å². The Morgan fingerprint density at radius 2 is 2.31 bits per heavy atom. The molecule has 0 fully saturated rings. The van der Waals surface area contributed by atoms with E-state index in [1.807, 2.05) is 0 Å². The molecule has 0 unspecified atom stereocenters. The molecule has 0 saturated carbocycles. The van der Waals surface area contributed by atoms with Gasteiger partial charge in [0.25, 0.3) is 0 Å². The molecule has 0 spiro atoms. The Labute approximate surface area is 88.8 Å². The molecule has 0 aromatic heterocycles. The van der Waals surface area contributed by atoms with E-state index in [1.54, 1.807) is 18.2 Å². The van der Waals surface area contributed by atoms with Crippen molar-refractivity contribution in [2.45, 2.75) is 0 Å². The maximum atomic E-state index is 10.2. The first-order chi connectivity index (χ1) is 6.09. The van der Waals surface area contributed by atoms with Crippen LogP contribution in [-0.4, -0.2) is 17.6 Å². The molecule has 13 heavy (non-hydrogen) atoms. The van der Waals surface area contributed by atoms with Gasteiger partial charge in [-0.25, -0.2) is 0 Å². The van der Waals surface area contributed by atoms with E-state index in [9.17, 15) is 4.79 Å². The first-order valence-electron chi connectivity index (χ1n) is 3.50. The molecule has 0 amide bonds. The van der Waals surface area contributed by atoms with Crippen molar-refractivity contribution in [2.24, 2.45) is 0 Å². The zero-order chi connectivity index (χ0) is 9.84. The number of carboxylic acids is 1. The highest BCUT2D eigenvalue weighted by Crippen LogP contribution is 2.25. The zero-order valence-corrected chi connectivity index (χ0v) is 8.89. The molecule has 1 rings (SSSR count). The lowest BCUT2D eigenvalue weighted by atomic mass is 10.3. The molecule has 0 heterocycles. The van der Waals surface area contributed by atoms with Gasteiger partial charge in [-0.3, -0.25) is 4.79 Å². The Morgan fingerprint density at radius 1 is 1.62 bits per heavy atom. The number of carboxylic acid groups (broad SMARTS) is 1. The fraction of sp³-hybridized carbons (Fsp3) is 0.125. The maximum Gasteiger partial charge on any atom is 0.322 e. The summed E-state index contributed by atoms with van der Waals surface area (Å²) in [5, 5.41) is 11.6. The average Bonchev–Trinajstić information content (AvgIpc) is 2.02. The van der Waals surface area contributed by atoms with Crippen LogP contribution in [0.5, 0.6) is 0 Å². The van der Waals surface area contributed by atoms with Crippen molar-refractivity contribution in [1.29, 1.82) is 0 Å². The van der Waals surface area contributed by atoms with Crippen molar-refractivity contribution in [3.63, 3.8) is 0 Å². The van der Waals surface area contributed by atoms with Gasteiger partial charge in [-0.1, -0.05) is 27.5 Å². The molecule has 0 atom stereocenters. The van der Waals surface area contributed by atoms with Gasteiger partial charge in [-0.05, 0) is 18.2 Å². The highest BCUT2D eigenvalue weighted by Gasteiger charge is 2.01. The summed E-state index contributed by atoms with van der Waals surface area (Å²) in [6.45, 7) is -0.138. The molecule has 0 radical (unpaired) electrons. The maximum absolute atomic E-state index is 10.2. The van der Waals surface area contributed by atoms with Crippen LogP contribution in [0.4, 0.5) is 5.69 Å². The van der Waals surface area contributed by atoms with E-state index in [1.165, 1.54) is 0 Å². The first kappa shape index (κ1) is 10.3. The van der Waals surface area contributed by atoms with Crippen molar-refractivity contribution in [3.05, 3.63) is 27.7 Å². The quantitative estimate of drug-likeness (QED) is 0.882. The van der Waals surface area contributed by atoms with E-state index in [0.29, 0.717) is 10.7 Å². The van der Waals surface area contributed by atoms with Crippen LogP contribution in [0, 0.1) is 0 Å². The summed E-state index contributed by atoms with van der Waals surface area (Å²) in [4.78, 5) is 10.2. The van der Waals surface area contributed by atoms with Gasteiger partial charge in [0.1, 0.15) is 6.54 Å². The number of benzene rings is 1. The van der Waals surface area contributed by atoms with Crippen LogP contribution in [0.3, 0.4) is 0 Å². The number of anilines is 1. The van der Waals surface area contributed by atoms with Crippen molar-refractivity contribution in [3.8, 4) is 0 Å². The molecule has 5 heteroatoms. The van der Waals surface area contributed by atoms with Gasteiger partial charge in [0.2, 0.25) is 0 Å². The molecule has 1 aromatic rings. The molecule has 0 aliphatic carbocycles. The lowest BCUT2D eigenvalue weighted by molar-refractivity contribution is -0.134. The number of aliphatic carboxylic acids is 1. The van der Waals surface area contributed by atoms with Crippen LogP contribution < -0.4 is 5.32 Å². The zero-order valence-electron chi connectivity index (χ0n) is 6.55. The van der Waals surface area contributed by atoms with Crippen molar-refractivity contribution >= 4 is 39.2 Å². The van der Waals surface area contributed by atoms with Crippen molar-refractivity contribution < 1.29 is 9.90 Å². The lowest BCUT2D eigenvalue weighted by Gasteiger charge is -2.05. The molecule has 3 nitrogen and oxygen atoms in total. The number of carbonyl (C=O) groups is 1. The predicted molar refractivity (Wildman–Crippen MR) is 55.3 cm³/mol. The second-order valence-corrected chi connectivity index (χ2v) is 3.69. The molecule has 2 N–H and O–H groups in total. The van der Waals surface area contributed by atoms with Gasteiger partial charge in [0.15, 0.2) is 0 Å². The number of rotatable bonds is 3. The van der Waals surface area contributed by atoms with Crippen molar-refractivity contribution in [1.82, 2.24) is 0 Å². The molecule has 0 aliphatic rings. The van der Waals surface area contributed by atoms with Crippen molar-refractivity contribution in [2.75, 3.05) is 11.9 Å². The highest BCUT2D eigenvalue weighted by atomic mass is 79.9. The molecule has 0 aliphatic heterocycles. The second kappa shape index (κ2) is 4.48. The minimum absolute atomic E-state index is 0.138. The standard InChI is InChI=1S/C8H7BrClNO2/c9-5-1-2-7(6(10)3-5)11-4-8(12)13/h1-3,11H,4H2,(H,12,13). The monoisotopic (exact) mass is 263 g/mol. The largest absolute Gasteiger partial charge is 0.480 e. The van der Waals surface area contributed by atoms with Crippen LogP contribution in [-0.2, 0) is 4.79 Å². The van der Waals surface area contributed by atoms with Gasteiger partial charge in [0.05, 0.1) is 10.7 Å². The first-order valence-corrected chi connectivity index (χ1v) is 4.67. The number of halogens is 2. The summed E-state index contributed by atoms with van der Waals surface area (Å²) in [7, 11) is 0. The predicted octanol–water partition coefficient (Wildman–Crippen LogP) is 2.60. The van der Waals surface area contributed by atoms with E-state index >= 15 is 0 Å². The average molecular weight is 265 g/mol. The van der Waals surface area contributed by atoms with Crippen LogP contribution in [0.1, 0.15) is 0 Å². The minimum Gasteiger partial charge on any atom is -0.480 e. The summed E-state index contributed by atoms with van der Waals surface area (Å²) in [5.74, 6) is -0.918. The third kappa shape index (κ3) is 3.24. The molecule has 0 bridgehead atoms. The van der Waals surface area contributed by atoms with Crippen LogP contribution in [0.2, 0.25) is 5.02 Å². The molecular formula is C8H7BrClNO2. The normalized spacial score (nSPS) is 9.69. The summed E-state index contributed by atoms with van der Waals surface area (Å²) in [5.41, 5.74) is 0.618. The number of nitrogens with one attached hydrogen (secondary N) is 1. The number of hydrogen-bond donors (Lipinski definition) is 2. The number of hydrogen-bond acceptors (Lipinski definition) is 2. The Hall–Kier alpha value is -0.740. The summed E-state index contributed by atoms with van der Waals surface area (Å²) >= 11 is 9.08. The highest BCUT2D eigenvalue weighted by molar-refractivity contribution is 9.10. The third-order valence-electron chi connectivity index (χ3n) is 1.36. The molecule has 1 aromatic carbocycles. The topological polar surface area (TPSA) is 49.3 Å². The Bertz CT molecular complexity index is 330. The van der Waals surface area contributed by atoms with Gasteiger partial charge in [-0.15, -0.1) is 0 Å². The Balaban J connectivity index is 2.72. The second-order valence-electron chi connectivity index (χ2n) is 2.37. The van der Waals surface area contributed by atoms with E-state index in [4.69, 9.17) is 16.7 Å². The third-order valence-corrected chi connectivity index (χ3v) is 2.17. The smallest absolute Gasteiger partial charge is 0.322 e. The summed E-state index contributed by atoms with van der Waals surface area (Å²) in [6.07, 6.45) is 0. The minimum atomic E-state index is -0.918. The van der Waals surface area contributed by atoms with E-state index in [0.717, 1.165) is 4.47 Å². The fourth-order valence-corrected chi connectivity index (χ4v) is 1.54. The van der Waals surface area contributed by atoms with Gasteiger partial charge in [0, 0.05) is 4.47 Å². The molecule has 70 valence electrons. The van der Waals surface area contributed by atoms with E-state index in [2.05, 4.69) is 21.2 Å².